The van der Waals surface area contributed by atoms with E-state index in [0.29, 0.717) is 10.6 Å². The van der Waals surface area contributed by atoms with Gasteiger partial charge in [-0.2, -0.15) is 13.2 Å². The van der Waals surface area contributed by atoms with E-state index >= 15 is 0 Å². The van der Waals surface area contributed by atoms with Crippen LogP contribution in [0.3, 0.4) is 0 Å². The lowest BCUT2D eigenvalue weighted by atomic mass is 10.0. The van der Waals surface area contributed by atoms with Crippen LogP contribution in [0.25, 0.3) is 39.2 Å². The lowest BCUT2D eigenvalue weighted by molar-refractivity contribution is -0.140. The van der Waals surface area contributed by atoms with Crippen LogP contribution >= 0.6 is 11.6 Å². The van der Waals surface area contributed by atoms with Crippen LogP contribution in [0.15, 0.2) is 77.7 Å². The molecule has 3 aromatic heterocycles. The van der Waals surface area contributed by atoms with Gasteiger partial charge in [-0.3, -0.25) is 14.9 Å². The second-order valence-corrected chi connectivity index (χ2v) is 8.21. The molecule has 9 heteroatoms. The molecule has 0 aliphatic heterocycles. The second kappa shape index (κ2) is 8.14. The third-order valence-electron chi connectivity index (χ3n) is 5.44. The molecule has 0 aliphatic carbocycles. The molecule has 0 fully saturated rings. The van der Waals surface area contributed by atoms with Crippen LogP contribution in [0.5, 0.6) is 0 Å². The minimum absolute atomic E-state index is 0.125. The van der Waals surface area contributed by atoms with Gasteiger partial charge in [-0.1, -0.05) is 48.0 Å². The van der Waals surface area contributed by atoms with Crippen LogP contribution in [-0.4, -0.2) is 19.6 Å². The van der Waals surface area contributed by atoms with E-state index in [1.807, 2.05) is 31.2 Å². The zero-order valence-corrected chi connectivity index (χ0v) is 18.4. The van der Waals surface area contributed by atoms with Gasteiger partial charge in [-0.25, -0.2) is 9.50 Å². The number of alkyl halides is 3. The zero-order chi connectivity index (χ0) is 24.0. The van der Waals surface area contributed by atoms with Crippen molar-refractivity contribution in [1.29, 1.82) is 0 Å². The van der Waals surface area contributed by atoms with Crippen molar-refractivity contribution in [3.05, 3.63) is 99.7 Å². The number of aryl methyl sites for hydroxylation is 1. The largest absolute Gasteiger partial charge is 0.433 e. The SMILES string of the molecule is Cc1ccc(-c2cccc(-c3cc(=O)n4[nH]c(C(F)(F)F)c(-c5ccc(Cl)cc5)c4n3)c2)cn1. The Morgan fingerprint density at radius 3 is 2.29 bits per heavy atom. The fourth-order valence-electron chi connectivity index (χ4n) is 3.78. The molecule has 5 nitrogen and oxygen atoms in total. The van der Waals surface area contributed by atoms with E-state index in [0.717, 1.165) is 21.3 Å². The molecule has 170 valence electrons. The Morgan fingerprint density at radius 1 is 0.912 bits per heavy atom. The number of H-pyrrole nitrogens is 1. The molecular formula is C25H16ClF3N4O. The molecule has 5 rings (SSSR count). The summed E-state index contributed by atoms with van der Waals surface area (Å²) in [6, 6.07) is 18.2. The van der Waals surface area contributed by atoms with Gasteiger partial charge in [0.15, 0.2) is 5.65 Å². The maximum absolute atomic E-state index is 13.9. The van der Waals surface area contributed by atoms with Crippen LogP contribution in [-0.2, 0) is 6.18 Å². The molecule has 34 heavy (non-hydrogen) atoms. The summed E-state index contributed by atoms with van der Waals surface area (Å²) in [6.07, 6.45) is -2.99. The van der Waals surface area contributed by atoms with Gasteiger partial charge in [-0.15, -0.1) is 0 Å². The van der Waals surface area contributed by atoms with Crippen molar-refractivity contribution in [3.63, 3.8) is 0 Å². The van der Waals surface area contributed by atoms with Gasteiger partial charge in [0, 0.05) is 34.1 Å². The number of aromatic amines is 1. The van der Waals surface area contributed by atoms with Gasteiger partial charge < -0.3 is 0 Å². The summed E-state index contributed by atoms with van der Waals surface area (Å²) in [5.74, 6) is 0. The molecule has 0 unspecified atom stereocenters. The number of benzene rings is 2. The molecule has 0 atom stereocenters. The Bertz CT molecular complexity index is 1570. The molecule has 1 N–H and O–H groups in total. The maximum atomic E-state index is 13.9. The fraction of sp³-hybridized carbons (Fsp3) is 0.0800. The predicted molar refractivity (Wildman–Crippen MR) is 125 cm³/mol. The molecule has 5 aromatic rings. The molecule has 0 saturated carbocycles. The third-order valence-corrected chi connectivity index (χ3v) is 5.69. The van der Waals surface area contributed by atoms with E-state index < -0.39 is 17.4 Å². The van der Waals surface area contributed by atoms with Crippen molar-refractivity contribution in [1.82, 2.24) is 19.6 Å². The predicted octanol–water partition coefficient (Wildman–Crippen LogP) is 6.40. The fourth-order valence-corrected chi connectivity index (χ4v) is 3.90. The molecular weight excluding hydrogens is 465 g/mol. The Balaban J connectivity index is 1.72. The first kappa shape index (κ1) is 21.9. The number of halogens is 4. The third kappa shape index (κ3) is 3.97. The first-order valence-corrected chi connectivity index (χ1v) is 10.6. The number of fused-ring (bicyclic) bond motifs is 1. The second-order valence-electron chi connectivity index (χ2n) is 7.77. The van der Waals surface area contributed by atoms with Crippen LogP contribution < -0.4 is 5.56 Å². The quantitative estimate of drug-likeness (QED) is 0.325. The van der Waals surface area contributed by atoms with Crippen molar-refractivity contribution >= 4 is 17.2 Å². The number of aromatic nitrogens is 4. The molecule has 0 amide bonds. The number of hydrogen-bond donors (Lipinski definition) is 1. The molecule has 0 radical (unpaired) electrons. The lowest BCUT2D eigenvalue weighted by Crippen LogP contribution is -2.15. The molecule has 0 spiro atoms. The Labute approximate surface area is 196 Å². The van der Waals surface area contributed by atoms with Gasteiger partial charge in [0.05, 0.1) is 11.3 Å². The van der Waals surface area contributed by atoms with Gasteiger partial charge >= 0.3 is 6.18 Å². The number of pyridine rings is 1. The lowest BCUT2D eigenvalue weighted by Gasteiger charge is -2.08. The summed E-state index contributed by atoms with van der Waals surface area (Å²) in [5, 5.41) is 2.56. The Kier molecular flexibility index (Phi) is 5.25. The van der Waals surface area contributed by atoms with E-state index in [9.17, 15) is 18.0 Å². The minimum Gasteiger partial charge on any atom is -0.284 e. The van der Waals surface area contributed by atoms with E-state index in [1.54, 1.807) is 18.3 Å². The Hall–Kier alpha value is -3.91. The number of nitrogens with one attached hydrogen (secondary N) is 1. The first-order valence-electron chi connectivity index (χ1n) is 10.2. The van der Waals surface area contributed by atoms with Crippen molar-refractivity contribution in [2.24, 2.45) is 0 Å². The zero-order valence-electron chi connectivity index (χ0n) is 17.7. The summed E-state index contributed by atoms with van der Waals surface area (Å²) in [4.78, 5) is 21.6. The van der Waals surface area contributed by atoms with E-state index in [1.165, 1.54) is 30.3 Å². The summed E-state index contributed by atoms with van der Waals surface area (Å²) in [6.45, 7) is 1.89. The highest BCUT2D eigenvalue weighted by molar-refractivity contribution is 6.30. The summed E-state index contributed by atoms with van der Waals surface area (Å²) in [5.41, 5.74) is 1.61. The molecule has 3 heterocycles. The highest BCUT2D eigenvalue weighted by atomic mass is 35.5. The van der Waals surface area contributed by atoms with Crippen molar-refractivity contribution < 1.29 is 13.2 Å². The topological polar surface area (TPSA) is 63.0 Å². The van der Waals surface area contributed by atoms with Crippen LogP contribution in [0.2, 0.25) is 5.02 Å². The molecule has 2 aromatic carbocycles. The average Bonchev–Trinajstić information content (AvgIpc) is 3.21. The van der Waals surface area contributed by atoms with Crippen molar-refractivity contribution in [3.8, 4) is 33.5 Å². The molecule has 0 saturated heterocycles. The van der Waals surface area contributed by atoms with Crippen molar-refractivity contribution in [2.45, 2.75) is 13.1 Å². The highest BCUT2D eigenvalue weighted by Gasteiger charge is 2.38. The summed E-state index contributed by atoms with van der Waals surface area (Å²) >= 11 is 5.92. The summed E-state index contributed by atoms with van der Waals surface area (Å²) < 4.78 is 42.4. The summed E-state index contributed by atoms with van der Waals surface area (Å²) in [7, 11) is 0. The molecule has 0 aliphatic rings. The normalized spacial score (nSPS) is 11.8. The first-order chi connectivity index (χ1) is 16.2. The van der Waals surface area contributed by atoms with E-state index in [4.69, 9.17) is 11.6 Å². The maximum Gasteiger partial charge on any atom is 0.433 e. The Morgan fingerprint density at radius 2 is 1.62 bits per heavy atom. The van der Waals surface area contributed by atoms with Crippen molar-refractivity contribution in [2.75, 3.05) is 0 Å². The van der Waals surface area contributed by atoms with Gasteiger partial charge in [0.25, 0.3) is 5.56 Å². The smallest absolute Gasteiger partial charge is 0.284 e. The van der Waals surface area contributed by atoms with E-state index in [2.05, 4.69) is 15.1 Å². The number of nitrogens with zero attached hydrogens (tertiary/aromatic N) is 3. The van der Waals surface area contributed by atoms with Crippen LogP contribution in [0, 0.1) is 6.92 Å². The monoisotopic (exact) mass is 480 g/mol. The van der Waals surface area contributed by atoms with Gasteiger partial charge in [-0.05, 0) is 42.3 Å². The number of hydrogen-bond acceptors (Lipinski definition) is 3. The highest BCUT2D eigenvalue weighted by Crippen LogP contribution is 2.38. The standard InChI is InChI=1S/C25H16ClF3N4O/c1-14-5-6-18(13-30-14)16-3-2-4-17(11-16)20-12-21(34)33-24(31-20)22(23(32-33)25(27,28)29)15-7-9-19(26)10-8-15/h2-13,32H,1H3. The van der Waals surface area contributed by atoms with E-state index in [-0.39, 0.29) is 22.5 Å². The van der Waals surface area contributed by atoms with Crippen LogP contribution in [0.1, 0.15) is 11.4 Å². The van der Waals surface area contributed by atoms with Gasteiger partial charge in [0.2, 0.25) is 0 Å². The molecule has 0 bridgehead atoms. The minimum atomic E-state index is -4.73. The van der Waals surface area contributed by atoms with Crippen LogP contribution in [0.4, 0.5) is 13.2 Å². The number of rotatable bonds is 3. The van der Waals surface area contributed by atoms with Gasteiger partial charge in [0.1, 0.15) is 5.69 Å². The average molecular weight is 481 g/mol.